The molecule has 6 heteroatoms. The third kappa shape index (κ3) is 8.71. The van der Waals surface area contributed by atoms with Gasteiger partial charge >= 0.3 is 0 Å². The first-order valence-corrected chi connectivity index (χ1v) is 11.6. The number of aryl methyl sites for hydroxylation is 1. The molecule has 2 aromatic rings. The summed E-state index contributed by atoms with van der Waals surface area (Å²) in [7, 11) is 0. The largest absolute Gasteiger partial charge is 0.381 e. The van der Waals surface area contributed by atoms with Crippen LogP contribution < -0.4 is 10.6 Å². The Morgan fingerprint density at radius 1 is 1.00 bits per heavy atom. The van der Waals surface area contributed by atoms with Gasteiger partial charge in [-0.1, -0.05) is 55.5 Å². The molecule has 2 aromatic carbocycles. The monoisotopic (exact) mass is 551 g/mol. The average molecular weight is 552 g/mol. The van der Waals surface area contributed by atoms with Crippen LogP contribution in [0.25, 0.3) is 0 Å². The number of ether oxygens (including phenoxy) is 2. The maximum atomic E-state index is 6.01. The van der Waals surface area contributed by atoms with Crippen molar-refractivity contribution in [1.29, 1.82) is 0 Å². The number of hydrogen-bond donors (Lipinski definition) is 2. The summed E-state index contributed by atoms with van der Waals surface area (Å²) in [4.78, 5) is 4.78. The second-order valence-electron chi connectivity index (χ2n) is 8.10. The number of halogens is 1. The van der Waals surface area contributed by atoms with Gasteiger partial charge in [0, 0.05) is 19.8 Å². The van der Waals surface area contributed by atoms with E-state index >= 15 is 0 Å². The molecular formula is C26H38IN3O2. The zero-order chi connectivity index (χ0) is 21.9. The Hall–Kier alpha value is -1.64. The molecule has 0 amide bonds. The third-order valence-corrected chi connectivity index (χ3v) is 5.68. The van der Waals surface area contributed by atoms with Gasteiger partial charge < -0.3 is 20.1 Å². The molecule has 176 valence electrons. The Labute approximate surface area is 210 Å². The molecule has 0 saturated carbocycles. The Morgan fingerprint density at radius 3 is 2.25 bits per heavy atom. The van der Waals surface area contributed by atoms with E-state index in [4.69, 9.17) is 14.5 Å². The van der Waals surface area contributed by atoms with Gasteiger partial charge in [0.25, 0.3) is 0 Å². The molecule has 2 N–H and O–H groups in total. The Balaban J connectivity index is 0.00000363. The lowest BCUT2D eigenvalue weighted by atomic mass is 10.1. The van der Waals surface area contributed by atoms with Crippen LogP contribution in [0.2, 0.25) is 0 Å². The SMILES string of the molecule is CCNC(=NCc1ccc(COC2CCOCC2)cc1)NC(C)c1ccc(CC)cc1.I. The van der Waals surface area contributed by atoms with Crippen molar-refractivity contribution in [3.05, 3.63) is 70.8 Å². The van der Waals surface area contributed by atoms with Crippen LogP contribution in [-0.2, 0) is 29.0 Å². The first-order chi connectivity index (χ1) is 15.2. The van der Waals surface area contributed by atoms with Crippen LogP contribution in [0.3, 0.4) is 0 Å². The lowest BCUT2D eigenvalue weighted by molar-refractivity contribution is -0.0390. The number of nitrogens with one attached hydrogen (secondary N) is 2. The molecule has 1 aliphatic heterocycles. The number of hydrogen-bond acceptors (Lipinski definition) is 3. The lowest BCUT2D eigenvalue weighted by Gasteiger charge is -2.22. The van der Waals surface area contributed by atoms with E-state index in [0.29, 0.717) is 19.3 Å². The third-order valence-electron chi connectivity index (χ3n) is 5.68. The fourth-order valence-electron chi connectivity index (χ4n) is 3.62. The van der Waals surface area contributed by atoms with E-state index in [1.54, 1.807) is 0 Å². The summed E-state index contributed by atoms with van der Waals surface area (Å²) in [6.07, 6.45) is 3.38. The summed E-state index contributed by atoms with van der Waals surface area (Å²) >= 11 is 0. The van der Waals surface area contributed by atoms with Gasteiger partial charge in [0.05, 0.1) is 25.3 Å². The predicted octanol–water partition coefficient (Wildman–Crippen LogP) is 5.38. The maximum Gasteiger partial charge on any atom is 0.192 e. The van der Waals surface area contributed by atoms with E-state index < -0.39 is 0 Å². The molecule has 32 heavy (non-hydrogen) atoms. The molecule has 0 bridgehead atoms. The van der Waals surface area contributed by atoms with Gasteiger partial charge in [0.1, 0.15) is 0 Å². The number of aliphatic imine (C=N–C) groups is 1. The minimum absolute atomic E-state index is 0. The van der Waals surface area contributed by atoms with E-state index in [1.165, 1.54) is 22.3 Å². The van der Waals surface area contributed by atoms with Gasteiger partial charge in [0.15, 0.2) is 5.96 Å². The van der Waals surface area contributed by atoms with Crippen LogP contribution in [0.15, 0.2) is 53.5 Å². The number of rotatable bonds is 9. The topological polar surface area (TPSA) is 54.9 Å². The lowest BCUT2D eigenvalue weighted by Crippen LogP contribution is -2.38. The fourth-order valence-corrected chi connectivity index (χ4v) is 3.62. The van der Waals surface area contributed by atoms with Crippen molar-refractivity contribution in [2.45, 2.75) is 65.3 Å². The molecule has 1 fully saturated rings. The quantitative estimate of drug-likeness (QED) is 0.250. The van der Waals surface area contributed by atoms with E-state index in [2.05, 4.69) is 79.9 Å². The highest BCUT2D eigenvalue weighted by molar-refractivity contribution is 14.0. The summed E-state index contributed by atoms with van der Waals surface area (Å²) < 4.78 is 11.4. The summed E-state index contributed by atoms with van der Waals surface area (Å²) in [6, 6.07) is 17.5. The predicted molar refractivity (Wildman–Crippen MR) is 143 cm³/mol. The smallest absolute Gasteiger partial charge is 0.192 e. The van der Waals surface area contributed by atoms with Crippen LogP contribution >= 0.6 is 24.0 Å². The molecule has 3 rings (SSSR count). The van der Waals surface area contributed by atoms with Gasteiger partial charge in [-0.2, -0.15) is 0 Å². The van der Waals surface area contributed by atoms with Gasteiger partial charge in [-0.25, -0.2) is 4.99 Å². The fraction of sp³-hybridized carbons (Fsp3) is 0.500. The highest BCUT2D eigenvalue weighted by atomic mass is 127. The molecule has 1 saturated heterocycles. The first-order valence-electron chi connectivity index (χ1n) is 11.6. The normalized spacial score (nSPS) is 15.7. The molecule has 0 aromatic heterocycles. The van der Waals surface area contributed by atoms with E-state index in [1.807, 2.05) is 0 Å². The highest BCUT2D eigenvalue weighted by Gasteiger charge is 2.14. The van der Waals surface area contributed by atoms with Gasteiger partial charge in [-0.05, 0) is 55.4 Å². The van der Waals surface area contributed by atoms with Gasteiger partial charge in [-0.15, -0.1) is 24.0 Å². The number of benzene rings is 2. The minimum Gasteiger partial charge on any atom is -0.381 e. The molecular weight excluding hydrogens is 513 g/mol. The summed E-state index contributed by atoms with van der Waals surface area (Å²) in [5.74, 6) is 0.835. The summed E-state index contributed by atoms with van der Waals surface area (Å²) in [5, 5.41) is 6.87. The van der Waals surface area contributed by atoms with Crippen molar-refractivity contribution in [3.63, 3.8) is 0 Å². The van der Waals surface area contributed by atoms with Crippen molar-refractivity contribution in [1.82, 2.24) is 10.6 Å². The second-order valence-corrected chi connectivity index (χ2v) is 8.10. The zero-order valence-corrected chi connectivity index (χ0v) is 21.9. The van der Waals surface area contributed by atoms with Crippen LogP contribution in [0.5, 0.6) is 0 Å². The molecule has 1 aliphatic rings. The minimum atomic E-state index is 0. The molecule has 1 atom stereocenters. The molecule has 5 nitrogen and oxygen atoms in total. The summed E-state index contributed by atoms with van der Waals surface area (Å²) in [5.41, 5.74) is 5.01. The van der Waals surface area contributed by atoms with E-state index in [0.717, 1.165) is 45.0 Å². The first kappa shape index (κ1) is 26.6. The van der Waals surface area contributed by atoms with Gasteiger partial charge in [-0.3, -0.25) is 0 Å². The van der Waals surface area contributed by atoms with E-state index in [-0.39, 0.29) is 30.0 Å². The van der Waals surface area contributed by atoms with Crippen molar-refractivity contribution in [2.75, 3.05) is 19.8 Å². The van der Waals surface area contributed by atoms with Crippen molar-refractivity contribution in [3.8, 4) is 0 Å². The molecule has 0 radical (unpaired) electrons. The van der Waals surface area contributed by atoms with Crippen LogP contribution in [-0.4, -0.2) is 31.8 Å². The van der Waals surface area contributed by atoms with Gasteiger partial charge in [0.2, 0.25) is 0 Å². The molecule has 0 spiro atoms. The standard InChI is InChI=1S/C26H37N3O2.HI/c1-4-21-10-12-24(13-11-21)20(3)29-26(27-5-2)28-18-22-6-8-23(9-7-22)19-31-25-14-16-30-17-15-25;/h6-13,20,25H,4-5,14-19H2,1-3H3,(H2,27,28,29);1H. The highest BCUT2D eigenvalue weighted by Crippen LogP contribution is 2.15. The van der Waals surface area contributed by atoms with Crippen LogP contribution in [0.1, 0.15) is 61.9 Å². The molecule has 0 aliphatic carbocycles. The number of nitrogens with zero attached hydrogens (tertiary/aromatic N) is 1. The average Bonchev–Trinajstić information content (AvgIpc) is 2.82. The van der Waals surface area contributed by atoms with E-state index in [9.17, 15) is 0 Å². The Morgan fingerprint density at radius 2 is 1.62 bits per heavy atom. The van der Waals surface area contributed by atoms with Crippen molar-refractivity contribution >= 4 is 29.9 Å². The van der Waals surface area contributed by atoms with Crippen LogP contribution in [0.4, 0.5) is 0 Å². The maximum absolute atomic E-state index is 6.01. The summed E-state index contributed by atoms with van der Waals surface area (Å²) in [6.45, 7) is 10.2. The Bertz CT molecular complexity index is 803. The second kappa shape index (κ2) is 14.5. The van der Waals surface area contributed by atoms with Crippen molar-refractivity contribution < 1.29 is 9.47 Å². The number of guanidine groups is 1. The Kier molecular flexibility index (Phi) is 12.1. The molecule has 1 unspecified atom stereocenters. The molecule has 1 heterocycles. The van der Waals surface area contributed by atoms with Crippen molar-refractivity contribution in [2.24, 2.45) is 4.99 Å². The van der Waals surface area contributed by atoms with Crippen LogP contribution in [0, 0.1) is 0 Å². The zero-order valence-electron chi connectivity index (χ0n) is 19.6.